The molecule has 3 N–H and O–H groups in total. The van der Waals surface area contributed by atoms with Crippen LogP contribution in [-0.4, -0.2) is 23.9 Å². The van der Waals surface area contributed by atoms with Crippen LogP contribution in [0.5, 0.6) is 5.75 Å². The Morgan fingerprint density at radius 1 is 1.31 bits per heavy atom. The van der Waals surface area contributed by atoms with E-state index in [2.05, 4.69) is 10.4 Å². The van der Waals surface area contributed by atoms with Gasteiger partial charge in [0.15, 0.2) is 0 Å². The van der Waals surface area contributed by atoms with Gasteiger partial charge in [-0.05, 0) is 24.3 Å². The van der Waals surface area contributed by atoms with Crippen molar-refractivity contribution in [1.82, 2.24) is 9.78 Å². The number of rotatable bonds is 3. The first kappa shape index (κ1) is 10.4. The van der Waals surface area contributed by atoms with Gasteiger partial charge in [0, 0.05) is 13.1 Å². The lowest BCUT2D eigenvalue weighted by atomic mass is 10.3. The zero-order valence-corrected chi connectivity index (χ0v) is 9.27. The second-order valence-electron chi connectivity index (χ2n) is 3.31. The average molecular weight is 218 g/mol. The van der Waals surface area contributed by atoms with Gasteiger partial charge >= 0.3 is 0 Å². The molecule has 0 aliphatic carbocycles. The van der Waals surface area contributed by atoms with Crippen molar-refractivity contribution in [2.24, 2.45) is 0 Å². The van der Waals surface area contributed by atoms with Crippen LogP contribution in [0.1, 0.15) is 0 Å². The van der Waals surface area contributed by atoms with Crippen molar-refractivity contribution in [1.29, 1.82) is 0 Å². The van der Waals surface area contributed by atoms with E-state index in [1.807, 2.05) is 31.3 Å². The molecule has 5 nitrogen and oxygen atoms in total. The monoisotopic (exact) mass is 218 g/mol. The van der Waals surface area contributed by atoms with Crippen LogP contribution in [0.25, 0.3) is 5.69 Å². The van der Waals surface area contributed by atoms with Crippen molar-refractivity contribution in [3.63, 3.8) is 0 Å². The van der Waals surface area contributed by atoms with Crippen LogP contribution in [0.2, 0.25) is 0 Å². The maximum Gasteiger partial charge on any atom is 0.148 e. The van der Waals surface area contributed by atoms with E-state index in [9.17, 15) is 0 Å². The summed E-state index contributed by atoms with van der Waals surface area (Å²) in [6, 6.07) is 9.39. The molecule has 0 saturated carbocycles. The molecule has 1 aromatic carbocycles. The number of nitrogens with two attached hydrogens (primary N) is 1. The van der Waals surface area contributed by atoms with Gasteiger partial charge in [0.05, 0.1) is 12.8 Å². The third-order valence-corrected chi connectivity index (χ3v) is 2.30. The van der Waals surface area contributed by atoms with Crippen LogP contribution < -0.4 is 15.8 Å². The van der Waals surface area contributed by atoms with Crippen LogP contribution in [0.3, 0.4) is 0 Å². The maximum atomic E-state index is 5.65. The summed E-state index contributed by atoms with van der Waals surface area (Å²) < 4.78 is 6.84. The number of benzene rings is 1. The summed E-state index contributed by atoms with van der Waals surface area (Å²) in [7, 11) is 3.47. The summed E-state index contributed by atoms with van der Waals surface area (Å²) >= 11 is 0. The van der Waals surface area contributed by atoms with E-state index in [1.165, 1.54) is 0 Å². The van der Waals surface area contributed by atoms with Gasteiger partial charge in [-0.15, -0.1) is 5.10 Å². The minimum absolute atomic E-state index is 0.486. The normalized spacial score (nSPS) is 10.1. The molecule has 0 fully saturated rings. The first-order valence-electron chi connectivity index (χ1n) is 4.92. The summed E-state index contributed by atoms with van der Waals surface area (Å²) in [5.74, 6) is 2.15. The number of methoxy groups -OCH3 is 1. The molecule has 2 aromatic rings. The van der Waals surface area contributed by atoms with E-state index < -0.39 is 0 Å². The molecule has 0 aliphatic heterocycles. The fraction of sp³-hybridized carbons (Fsp3) is 0.182. The van der Waals surface area contributed by atoms with Gasteiger partial charge in [-0.2, -0.15) is 0 Å². The lowest BCUT2D eigenvalue weighted by Gasteiger charge is -2.07. The molecular formula is C11H14N4O. The van der Waals surface area contributed by atoms with Gasteiger partial charge in [0.2, 0.25) is 0 Å². The molecule has 0 radical (unpaired) electrons. The first-order chi connectivity index (χ1) is 7.74. The molecule has 0 saturated heterocycles. The standard InChI is InChI=1S/C11H14N4O/c1-13-11-7-10(12)14-15(11)8-3-5-9(16-2)6-4-8/h3-7,13H,1-2H3,(H2,12,14). The Kier molecular flexibility index (Phi) is 2.68. The van der Waals surface area contributed by atoms with Gasteiger partial charge in [-0.3, -0.25) is 0 Å². The zero-order valence-electron chi connectivity index (χ0n) is 9.27. The van der Waals surface area contributed by atoms with E-state index in [1.54, 1.807) is 17.9 Å². The fourth-order valence-corrected chi connectivity index (χ4v) is 1.50. The van der Waals surface area contributed by atoms with E-state index in [0.29, 0.717) is 5.82 Å². The van der Waals surface area contributed by atoms with Crippen LogP contribution in [0.4, 0.5) is 11.6 Å². The Bertz CT molecular complexity index is 475. The minimum atomic E-state index is 0.486. The molecule has 0 unspecified atom stereocenters. The van der Waals surface area contributed by atoms with Crippen LogP contribution >= 0.6 is 0 Å². The summed E-state index contributed by atoms with van der Waals surface area (Å²) in [6.45, 7) is 0. The summed E-state index contributed by atoms with van der Waals surface area (Å²) in [5.41, 5.74) is 6.58. The molecular weight excluding hydrogens is 204 g/mol. The summed E-state index contributed by atoms with van der Waals surface area (Å²) in [5, 5.41) is 7.23. The Morgan fingerprint density at radius 3 is 2.56 bits per heavy atom. The Labute approximate surface area is 93.8 Å². The molecule has 16 heavy (non-hydrogen) atoms. The van der Waals surface area contributed by atoms with Crippen LogP contribution in [0, 0.1) is 0 Å². The Balaban J connectivity index is 2.41. The quantitative estimate of drug-likeness (QED) is 0.819. The molecule has 0 aliphatic rings. The SMILES string of the molecule is CNc1cc(N)nn1-c1ccc(OC)cc1. The smallest absolute Gasteiger partial charge is 0.148 e. The largest absolute Gasteiger partial charge is 0.497 e. The number of hydrogen-bond acceptors (Lipinski definition) is 4. The van der Waals surface area contributed by atoms with E-state index >= 15 is 0 Å². The number of nitrogens with one attached hydrogen (secondary N) is 1. The highest BCUT2D eigenvalue weighted by atomic mass is 16.5. The Morgan fingerprint density at radius 2 is 2.00 bits per heavy atom. The molecule has 5 heteroatoms. The Hall–Kier alpha value is -2.17. The number of anilines is 2. The van der Waals surface area contributed by atoms with E-state index in [0.717, 1.165) is 17.3 Å². The molecule has 84 valence electrons. The highest BCUT2D eigenvalue weighted by Crippen LogP contribution is 2.20. The number of aromatic nitrogens is 2. The van der Waals surface area contributed by atoms with Crippen LogP contribution in [-0.2, 0) is 0 Å². The van der Waals surface area contributed by atoms with Crippen molar-refractivity contribution in [3.8, 4) is 11.4 Å². The van der Waals surface area contributed by atoms with Crippen molar-refractivity contribution >= 4 is 11.6 Å². The molecule has 1 aromatic heterocycles. The number of hydrogen-bond donors (Lipinski definition) is 2. The number of nitrogens with zero attached hydrogens (tertiary/aromatic N) is 2. The molecule has 2 rings (SSSR count). The molecule has 1 heterocycles. The highest BCUT2D eigenvalue weighted by Gasteiger charge is 2.06. The third-order valence-electron chi connectivity index (χ3n) is 2.30. The summed E-state index contributed by atoms with van der Waals surface area (Å²) in [4.78, 5) is 0. The van der Waals surface area contributed by atoms with E-state index in [-0.39, 0.29) is 0 Å². The fourth-order valence-electron chi connectivity index (χ4n) is 1.50. The van der Waals surface area contributed by atoms with Crippen LogP contribution in [0.15, 0.2) is 30.3 Å². The molecule has 0 atom stereocenters. The van der Waals surface area contributed by atoms with E-state index in [4.69, 9.17) is 10.5 Å². The second kappa shape index (κ2) is 4.14. The lowest BCUT2D eigenvalue weighted by Crippen LogP contribution is -2.02. The van der Waals surface area contributed by atoms with Crippen molar-refractivity contribution in [2.75, 3.05) is 25.2 Å². The predicted octanol–water partition coefficient (Wildman–Crippen LogP) is 1.50. The van der Waals surface area contributed by atoms with Gasteiger partial charge in [-0.1, -0.05) is 0 Å². The van der Waals surface area contributed by atoms with Gasteiger partial charge < -0.3 is 15.8 Å². The third kappa shape index (κ3) is 1.79. The molecule has 0 amide bonds. The number of ether oxygens (including phenoxy) is 1. The van der Waals surface area contributed by atoms with Crippen molar-refractivity contribution < 1.29 is 4.74 Å². The molecule has 0 bridgehead atoms. The second-order valence-corrected chi connectivity index (χ2v) is 3.31. The zero-order chi connectivity index (χ0) is 11.5. The highest BCUT2D eigenvalue weighted by molar-refractivity contribution is 5.52. The minimum Gasteiger partial charge on any atom is -0.497 e. The average Bonchev–Trinajstić information content (AvgIpc) is 2.70. The first-order valence-corrected chi connectivity index (χ1v) is 4.92. The topological polar surface area (TPSA) is 65.1 Å². The summed E-state index contributed by atoms with van der Waals surface area (Å²) in [6.07, 6.45) is 0. The van der Waals surface area contributed by atoms with Gasteiger partial charge in [-0.25, -0.2) is 4.68 Å². The van der Waals surface area contributed by atoms with Gasteiger partial charge in [0.1, 0.15) is 17.4 Å². The predicted molar refractivity (Wildman–Crippen MR) is 64.1 cm³/mol. The number of nitrogen functional groups attached to an aromatic ring is 1. The van der Waals surface area contributed by atoms with Crippen molar-refractivity contribution in [3.05, 3.63) is 30.3 Å². The van der Waals surface area contributed by atoms with Crippen molar-refractivity contribution in [2.45, 2.75) is 0 Å². The lowest BCUT2D eigenvalue weighted by molar-refractivity contribution is 0.414. The van der Waals surface area contributed by atoms with Gasteiger partial charge in [0.25, 0.3) is 0 Å². The molecule has 0 spiro atoms. The maximum absolute atomic E-state index is 5.65.